The molecule has 0 aliphatic carbocycles. The van der Waals surface area contributed by atoms with Gasteiger partial charge < -0.3 is 20.3 Å². The summed E-state index contributed by atoms with van der Waals surface area (Å²) >= 11 is 0. The Kier molecular flexibility index (Phi) is 4.51. The maximum absolute atomic E-state index is 12.4. The minimum Gasteiger partial charge on any atom is -0.378 e. The van der Waals surface area contributed by atoms with Crippen molar-refractivity contribution in [3.63, 3.8) is 0 Å². The summed E-state index contributed by atoms with van der Waals surface area (Å²) in [7, 11) is 0. The zero-order valence-corrected chi connectivity index (χ0v) is 10.5. The summed E-state index contributed by atoms with van der Waals surface area (Å²) in [5.74, 6) is 0. The molecule has 2 unspecified atom stereocenters. The standard InChI is InChI=1S/C11H18F3N3O2/c12-11(13,14)9-2-1-8(7-15-9)16-10(18)17-3-5-19-6-4-17/h8-9,15H,1-7H2,(H,16,18). The number of hydrogen-bond donors (Lipinski definition) is 2. The van der Waals surface area contributed by atoms with Gasteiger partial charge in [0.25, 0.3) is 0 Å². The van der Waals surface area contributed by atoms with Gasteiger partial charge in [0, 0.05) is 25.7 Å². The van der Waals surface area contributed by atoms with E-state index in [1.165, 1.54) is 0 Å². The number of alkyl halides is 3. The van der Waals surface area contributed by atoms with Gasteiger partial charge in [0.1, 0.15) is 6.04 Å². The minimum absolute atomic E-state index is 0.00242. The van der Waals surface area contributed by atoms with Gasteiger partial charge in [0.05, 0.1) is 13.2 Å². The Labute approximate surface area is 109 Å². The number of hydrogen-bond acceptors (Lipinski definition) is 3. The zero-order valence-electron chi connectivity index (χ0n) is 10.5. The van der Waals surface area contributed by atoms with E-state index in [-0.39, 0.29) is 25.0 Å². The van der Waals surface area contributed by atoms with Crippen molar-refractivity contribution >= 4 is 6.03 Å². The molecule has 5 nitrogen and oxygen atoms in total. The molecule has 2 aliphatic rings. The topological polar surface area (TPSA) is 53.6 Å². The Morgan fingerprint density at radius 3 is 2.47 bits per heavy atom. The van der Waals surface area contributed by atoms with E-state index < -0.39 is 12.2 Å². The molecule has 2 N–H and O–H groups in total. The zero-order chi connectivity index (χ0) is 13.9. The molecule has 2 aliphatic heterocycles. The smallest absolute Gasteiger partial charge is 0.378 e. The van der Waals surface area contributed by atoms with Crippen LogP contribution in [0.4, 0.5) is 18.0 Å². The van der Waals surface area contributed by atoms with Gasteiger partial charge in [-0.1, -0.05) is 0 Å². The van der Waals surface area contributed by atoms with Crippen LogP contribution in [-0.4, -0.2) is 62.0 Å². The molecule has 0 radical (unpaired) electrons. The lowest BCUT2D eigenvalue weighted by atomic mass is 10.0. The van der Waals surface area contributed by atoms with Crippen LogP contribution in [-0.2, 0) is 4.74 Å². The molecule has 19 heavy (non-hydrogen) atoms. The van der Waals surface area contributed by atoms with Crippen LogP contribution in [0.2, 0.25) is 0 Å². The number of nitrogens with zero attached hydrogens (tertiary/aromatic N) is 1. The van der Waals surface area contributed by atoms with Crippen molar-refractivity contribution in [2.45, 2.75) is 31.1 Å². The molecule has 0 bridgehead atoms. The van der Waals surface area contributed by atoms with Crippen molar-refractivity contribution in [1.82, 2.24) is 15.5 Å². The predicted octanol–water partition coefficient (Wildman–Crippen LogP) is 0.711. The van der Waals surface area contributed by atoms with Crippen molar-refractivity contribution in [2.24, 2.45) is 0 Å². The van der Waals surface area contributed by atoms with Gasteiger partial charge in [-0.3, -0.25) is 0 Å². The Bertz CT molecular complexity index is 311. The molecular weight excluding hydrogens is 263 g/mol. The molecule has 2 atom stereocenters. The first-order valence-electron chi connectivity index (χ1n) is 6.40. The van der Waals surface area contributed by atoms with Crippen molar-refractivity contribution in [2.75, 3.05) is 32.8 Å². The summed E-state index contributed by atoms with van der Waals surface area (Å²) in [5, 5.41) is 5.20. The van der Waals surface area contributed by atoms with Crippen LogP contribution in [0.5, 0.6) is 0 Å². The number of carbonyl (C=O) groups is 1. The summed E-state index contributed by atoms with van der Waals surface area (Å²) in [5.41, 5.74) is 0. The Morgan fingerprint density at radius 1 is 1.26 bits per heavy atom. The maximum atomic E-state index is 12.4. The molecule has 2 amide bonds. The van der Waals surface area contributed by atoms with E-state index in [0.29, 0.717) is 32.7 Å². The van der Waals surface area contributed by atoms with Crippen molar-refractivity contribution in [3.05, 3.63) is 0 Å². The summed E-state index contributed by atoms with van der Waals surface area (Å²) < 4.78 is 42.5. The number of morpholine rings is 1. The normalized spacial score (nSPS) is 29.1. The highest BCUT2D eigenvalue weighted by Gasteiger charge is 2.41. The van der Waals surface area contributed by atoms with Crippen molar-refractivity contribution in [3.8, 4) is 0 Å². The van der Waals surface area contributed by atoms with Crippen LogP contribution >= 0.6 is 0 Å². The van der Waals surface area contributed by atoms with E-state index in [4.69, 9.17) is 4.74 Å². The first-order valence-corrected chi connectivity index (χ1v) is 6.40. The van der Waals surface area contributed by atoms with E-state index in [1.54, 1.807) is 4.90 Å². The average Bonchev–Trinajstić information content (AvgIpc) is 2.39. The van der Waals surface area contributed by atoms with Gasteiger partial charge in [-0.2, -0.15) is 13.2 Å². The number of carbonyl (C=O) groups excluding carboxylic acids is 1. The van der Waals surface area contributed by atoms with Crippen LogP contribution < -0.4 is 10.6 Å². The van der Waals surface area contributed by atoms with Gasteiger partial charge in [0.15, 0.2) is 0 Å². The van der Waals surface area contributed by atoms with E-state index in [2.05, 4.69) is 10.6 Å². The fraction of sp³-hybridized carbons (Fsp3) is 0.909. The second-order valence-corrected chi connectivity index (χ2v) is 4.83. The first kappa shape index (κ1) is 14.4. The third kappa shape index (κ3) is 3.97. The average molecular weight is 281 g/mol. The fourth-order valence-corrected chi connectivity index (χ4v) is 2.29. The lowest BCUT2D eigenvalue weighted by Crippen LogP contribution is -2.56. The Hall–Kier alpha value is -1.02. The third-order valence-electron chi connectivity index (χ3n) is 3.44. The predicted molar refractivity (Wildman–Crippen MR) is 61.8 cm³/mol. The minimum atomic E-state index is -4.21. The highest BCUT2D eigenvalue weighted by Crippen LogP contribution is 2.26. The van der Waals surface area contributed by atoms with E-state index in [9.17, 15) is 18.0 Å². The second kappa shape index (κ2) is 5.96. The number of halogens is 3. The lowest BCUT2D eigenvalue weighted by molar-refractivity contribution is -0.160. The summed E-state index contributed by atoms with van der Waals surface area (Å²) in [4.78, 5) is 13.5. The van der Waals surface area contributed by atoms with Crippen LogP contribution in [0.1, 0.15) is 12.8 Å². The van der Waals surface area contributed by atoms with Gasteiger partial charge in [-0.25, -0.2) is 4.79 Å². The lowest BCUT2D eigenvalue weighted by Gasteiger charge is -2.34. The molecule has 0 spiro atoms. The van der Waals surface area contributed by atoms with Gasteiger partial charge >= 0.3 is 12.2 Å². The van der Waals surface area contributed by atoms with Gasteiger partial charge in [-0.15, -0.1) is 0 Å². The maximum Gasteiger partial charge on any atom is 0.403 e. The van der Waals surface area contributed by atoms with E-state index >= 15 is 0 Å². The molecule has 0 saturated carbocycles. The second-order valence-electron chi connectivity index (χ2n) is 4.83. The summed E-state index contributed by atoms with van der Waals surface area (Å²) in [6.07, 6.45) is -3.87. The van der Waals surface area contributed by atoms with Crippen molar-refractivity contribution in [1.29, 1.82) is 0 Å². The number of nitrogens with one attached hydrogen (secondary N) is 2. The van der Waals surface area contributed by atoms with Crippen molar-refractivity contribution < 1.29 is 22.7 Å². The van der Waals surface area contributed by atoms with Gasteiger partial charge in [0.2, 0.25) is 0 Å². The summed E-state index contributed by atoms with van der Waals surface area (Å²) in [6, 6.07) is -1.92. The van der Waals surface area contributed by atoms with Gasteiger partial charge in [-0.05, 0) is 12.8 Å². The molecule has 0 aromatic heterocycles. The number of rotatable bonds is 1. The van der Waals surface area contributed by atoms with Crippen LogP contribution in [0, 0.1) is 0 Å². The highest BCUT2D eigenvalue weighted by molar-refractivity contribution is 5.74. The molecule has 0 aromatic carbocycles. The molecule has 2 fully saturated rings. The SMILES string of the molecule is O=C(NC1CCC(C(F)(F)F)NC1)N1CCOCC1. The number of urea groups is 1. The van der Waals surface area contributed by atoms with E-state index in [1.807, 2.05) is 0 Å². The summed E-state index contributed by atoms with van der Waals surface area (Å²) in [6.45, 7) is 2.22. The quantitative estimate of drug-likeness (QED) is 0.744. The third-order valence-corrected chi connectivity index (χ3v) is 3.44. The molecule has 110 valence electrons. The largest absolute Gasteiger partial charge is 0.403 e. The molecular formula is C11H18F3N3O2. The molecule has 2 saturated heterocycles. The molecule has 2 heterocycles. The molecule has 8 heteroatoms. The molecule has 2 rings (SSSR count). The Balaban J connectivity index is 1.74. The highest BCUT2D eigenvalue weighted by atomic mass is 19.4. The number of piperidine rings is 1. The fourth-order valence-electron chi connectivity index (χ4n) is 2.29. The number of amides is 2. The van der Waals surface area contributed by atoms with Crippen LogP contribution in [0.25, 0.3) is 0 Å². The number of ether oxygens (including phenoxy) is 1. The van der Waals surface area contributed by atoms with E-state index in [0.717, 1.165) is 0 Å². The Morgan fingerprint density at radius 2 is 1.95 bits per heavy atom. The van der Waals surface area contributed by atoms with Crippen LogP contribution in [0.15, 0.2) is 0 Å². The van der Waals surface area contributed by atoms with Crippen LogP contribution in [0.3, 0.4) is 0 Å². The monoisotopic (exact) mass is 281 g/mol. The molecule has 0 aromatic rings. The first-order chi connectivity index (χ1) is 8.97.